The summed E-state index contributed by atoms with van der Waals surface area (Å²) in [5.74, 6) is 0.693. The maximum atomic E-state index is 12.0. The molecule has 0 unspecified atom stereocenters. The van der Waals surface area contributed by atoms with Gasteiger partial charge in [0.25, 0.3) is 0 Å². The predicted octanol–water partition coefficient (Wildman–Crippen LogP) is 1.94. The summed E-state index contributed by atoms with van der Waals surface area (Å²) in [7, 11) is 3.35. The van der Waals surface area contributed by atoms with E-state index in [-0.39, 0.29) is 12.5 Å². The fourth-order valence-electron chi connectivity index (χ4n) is 1.73. The number of carboxylic acids is 1. The number of rotatable bonds is 6. The predicted molar refractivity (Wildman–Crippen MR) is 69.8 cm³/mol. The number of aliphatic carboxylic acids is 1. The Kier molecular flexibility index (Phi) is 5.41. The third-order valence-corrected chi connectivity index (χ3v) is 2.73. The lowest BCUT2D eigenvalue weighted by Gasteiger charge is -2.24. The lowest BCUT2D eigenvalue weighted by molar-refractivity contribution is -0.137. The van der Waals surface area contributed by atoms with Crippen molar-refractivity contribution < 1.29 is 19.1 Å². The van der Waals surface area contributed by atoms with Crippen LogP contribution in [0.5, 0.6) is 0 Å². The van der Waals surface area contributed by atoms with E-state index in [2.05, 4.69) is 0 Å². The molecule has 1 rings (SSSR count). The molecule has 1 N–H and O–H groups in total. The van der Waals surface area contributed by atoms with Gasteiger partial charge in [-0.1, -0.05) is 0 Å². The first kappa shape index (κ1) is 15.1. The van der Waals surface area contributed by atoms with Crippen molar-refractivity contribution in [3.05, 3.63) is 23.7 Å². The third kappa shape index (κ3) is 5.03. The Morgan fingerprint density at radius 2 is 1.95 bits per heavy atom. The van der Waals surface area contributed by atoms with Crippen molar-refractivity contribution in [1.82, 2.24) is 9.80 Å². The Balaban J connectivity index is 2.40. The molecule has 0 bridgehead atoms. The first-order chi connectivity index (χ1) is 8.90. The number of furan rings is 1. The van der Waals surface area contributed by atoms with Crippen LogP contribution >= 0.6 is 0 Å². The number of amides is 2. The molecule has 1 heterocycles. The van der Waals surface area contributed by atoms with Gasteiger partial charge in [0.15, 0.2) is 0 Å². The minimum atomic E-state index is -0.847. The number of hydrogen-bond acceptors (Lipinski definition) is 3. The third-order valence-electron chi connectivity index (χ3n) is 2.73. The number of nitrogens with zero attached hydrogens (tertiary/aromatic N) is 2. The molecule has 1 aromatic rings. The lowest BCUT2D eigenvalue weighted by Crippen LogP contribution is -2.38. The highest BCUT2D eigenvalue weighted by Crippen LogP contribution is 2.09. The number of carbonyl (C=O) groups is 2. The van der Waals surface area contributed by atoms with Gasteiger partial charge in [0.05, 0.1) is 6.54 Å². The van der Waals surface area contributed by atoms with E-state index in [1.807, 2.05) is 19.1 Å². The van der Waals surface area contributed by atoms with Crippen LogP contribution in [-0.2, 0) is 11.3 Å². The molecule has 6 nitrogen and oxygen atoms in total. The average molecular weight is 268 g/mol. The van der Waals surface area contributed by atoms with E-state index >= 15 is 0 Å². The monoisotopic (exact) mass is 268 g/mol. The summed E-state index contributed by atoms with van der Waals surface area (Å²) < 4.78 is 5.41. The van der Waals surface area contributed by atoms with E-state index in [4.69, 9.17) is 9.52 Å². The summed E-state index contributed by atoms with van der Waals surface area (Å²) in [5, 5.41) is 8.55. The Hall–Kier alpha value is -1.98. The number of urea groups is 1. The van der Waals surface area contributed by atoms with Crippen molar-refractivity contribution in [1.29, 1.82) is 0 Å². The van der Waals surface area contributed by atoms with Crippen molar-refractivity contribution in [2.45, 2.75) is 26.3 Å². The van der Waals surface area contributed by atoms with Gasteiger partial charge < -0.3 is 19.3 Å². The van der Waals surface area contributed by atoms with Crippen molar-refractivity contribution in [2.75, 3.05) is 20.6 Å². The van der Waals surface area contributed by atoms with Gasteiger partial charge in [0.1, 0.15) is 11.5 Å². The maximum absolute atomic E-state index is 12.0. The van der Waals surface area contributed by atoms with Crippen LogP contribution in [0.2, 0.25) is 0 Å². The topological polar surface area (TPSA) is 74.0 Å². The largest absolute Gasteiger partial charge is 0.481 e. The van der Waals surface area contributed by atoms with Crippen LogP contribution in [0.25, 0.3) is 0 Å². The van der Waals surface area contributed by atoms with E-state index in [1.165, 1.54) is 4.90 Å². The minimum absolute atomic E-state index is 0.0682. The molecular formula is C13H20N2O4. The van der Waals surface area contributed by atoms with Gasteiger partial charge in [-0.25, -0.2) is 4.79 Å². The summed E-state index contributed by atoms with van der Waals surface area (Å²) in [6, 6.07) is 3.53. The van der Waals surface area contributed by atoms with Gasteiger partial charge >= 0.3 is 12.0 Å². The first-order valence-electron chi connectivity index (χ1n) is 6.13. The summed E-state index contributed by atoms with van der Waals surface area (Å²) in [6.07, 6.45) is 0.518. The minimum Gasteiger partial charge on any atom is -0.481 e. The molecule has 0 aliphatic rings. The fourth-order valence-corrected chi connectivity index (χ4v) is 1.73. The van der Waals surface area contributed by atoms with Gasteiger partial charge in [-0.05, 0) is 25.5 Å². The average Bonchev–Trinajstić information content (AvgIpc) is 2.73. The molecule has 0 radical (unpaired) electrons. The standard InChI is InChI=1S/C13H20N2O4/c1-10-6-7-11(19-10)9-15(3)13(18)14(2)8-4-5-12(16)17/h6-7H,4-5,8-9H2,1-3H3,(H,16,17). The Labute approximate surface area is 112 Å². The van der Waals surface area contributed by atoms with Crippen molar-refractivity contribution in [3.8, 4) is 0 Å². The SMILES string of the molecule is Cc1ccc(CN(C)C(=O)N(C)CCCC(=O)O)o1. The molecule has 1 aromatic heterocycles. The maximum Gasteiger partial charge on any atom is 0.319 e. The molecule has 19 heavy (non-hydrogen) atoms. The molecule has 0 aromatic carbocycles. The van der Waals surface area contributed by atoms with Crippen LogP contribution in [0.3, 0.4) is 0 Å². The van der Waals surface area contributed by atoms with E-state index < -0.39 is 5.97 Å². The van der Waals surface area contributed by atoms with Crippen LogP contribution in [-0.4, -0.2) is 47.5 Å². The smallest absolute Gasteiger partial charge is 0.319 e. The zero-order valence-corrected chi connectivity index (χ0v) is 11.5. The second-order valence-electron chi connectivity index (χ2n) is 4.57. The zero-order valence-electron chi connectivity index (χ0n) is 11.5. The molecule has 0 aliphatic carbocycles. The van der Waals surface area contributed by atoms with E-state index in [0.29, 0.717) is 19.5 Å². The summed E-state index contributed by atoms with van der Waals surface area (Å²) >= 11 is 0. The number of hydrogen-bond donors (Lipinski definition) is 1. The highest BCUT2D eigenvalue weighted by molar-refractivity contribution is 5.73. The van der Waals surface area contributed by atoms with Crippen LogP contribution in [0.15, 0.2) is 16.5 Å². The van der Waals surface area contributed by atoms with Gasteiger partial charge in [-0.2, -0.15) is 0 Å². The number of carbonyl (C=O) groups excluding carboxylic acids is 1. The number of carboxylic acid groups (broad SMARTS) is 1. The molecule has 0 atom stereocenters. The normalized spacial score (nSPS) is 10.3. The second-order valence-corrected chi connectivity index (χ2v) is 4.57. The molecule has 0 saturated heterocycles. The van der Waals surface area contributed by atoms with Gasteiger partial charge in [0.2, 0.25) is 0 Å². The molecule has 0 spiro atoms. The lowest BCUT2D eigenvalue weighted by atomic mass is 10.3. The highest BCUT2D eigenvalue weighted by atomic mass is 16.4. The molecule has 0 fully saturated rings. The number of aryl methyl sites for hydroxylation is 1. The van der Waals surface area contributed by atoms with E-state index in [1.54, 1.807) is 19.0 Å². The second kappa shape index (κ2) is 6.82. The van der Waals surface area contributed by atoms with Gasteiger partial charge in [-0.15, -0.1) is 0 Å². The fraction of sp³-hybridized carbons (Fsp3) is 0.538. The Morgan fingerprint density at radius 1 is 1.26 bits per heavy atom. The van der Waals surface area contributed by atoms with Gasteiger partial charge in [0, 0.05) is 27.1 Å². The quantitative estimate of drug-likeness (QED) is 0.855. The molecule has 106 valence electrons. The summed E-state index contributed by atoms with van der Waals surface area (Å²) in [6.45, 7) is 2.67. The van der Waals surface area contributed by atoms with Crippen molar-refractivity contribution >= 4 is 12.0 Å². The summed E-state index contributed by atoms with van der Waals surface area (Å²) in [5.41, 5.74) is 0. The van der Waals surface area contributed by atoms with Gasteiger partial charge in [-0.3, -0.25) is 4.79 Å². The van der Waals surface area contributed by atoms with Crippen LogP contribution in [0.4, 0.5) is 4.79 Å². The van der Waals surface area contributed by atoms with E-state index in [9.17, 15) is 9.59 Å². The van der Waals surface area contributed by atoms with Crippen LogP contribution in [0.1, 0.15) is 24.4 Å². The molecule has 6 heteroatoms. The van der Waals surface area contributed by atoms with E-state index in [0.717, 1.165) is 11.5 Å². The Bertz CT molecular complexity index is 442. The van der Waals surface area contributed by atoms with Crippen LogP contribution < -0.4 is 0 Å². The van der Waals surface area contributed by atoms with Crippen molar-refractivity contribution in [3.63, 3.8) is 0 Å². The molecule has 0 aliphatic heterocycles. The summed E-state index contributed by atoms with van der Waals surface area (Å²) in [4.78, 5) is 25.4. The van der Waals surface area contributed by atoms with Crippen LogP contribution in [0, 0.1) is 6.92 Å². The zero-order chi connectivity index (χ0) is 14.4. The molecule has 0 saturated carbocycles. The molecule has 2 amide bonds. The highest BCUT2D eigenvalue weighted by Gasteiger charge is 2.15. The first-order valence-corrected chi connectivity index (χ1v) is 6.13. The Morgan fingerprint density at radius 3 is 2.47 bits per heavy atom. The van der Waals surface area contributed by atoms with Crippen molar-refractivity contribution in [2.24, 2.45) is 0 Å². The molecular weight excluding hydrogens is 248 g/mol.